The minimum absolute atomic E-state index is 0.214. The fourth-order valence-electron chi connectivity index (χ4n) is 0.941. The zero-order chi connectivity index (χ0) is 10.2. The lowest BCUT2D eigenvalue weighted by atomic mass is 9.90. The molecule has 0 aromatic carbocycles. The minimum Gasteiger partial charge on any atom is -0.293 e. The number of aryl methyl sites for hydroxylation is 1. The Morgan fingerprint density at radius 2 is 2.00 bits per heavy atom. The summed E-state index contributed by atoms with van der Waals surface area (Å²) < 4.78 is 1.06. The Balaban J connectivity index is 3.03. The molecule has 0 bridgehead atoms. The monoisotopic (exact) mass is 260 g/mol. The van der Waals surface area contributed by atoms with E-state index in [1.165, 1.54) is 11.3 Å². The normalized spacial score (nSPS) is 11.8. The van der Waals surface area contributed by atoms with Crippen molar-refractivity contribution in [1.82, 2.24) is 0 Å². The molecule has 0 unspecified atom stereocenters. The molecule has 0 aliphatic heterocycles. The van der Waals surface area contributed by atoms with E-state index in [-0.39, 0.29) is 11.2 Å². The highest BCUT2D eigenvalue weighted by molar-refractivity contribution is 9.11. The van der Waals surface area contributed by atoms with E-state index >= 15 is 0 Å². The summed E-state index contributed by atoms with van der Waals surface area (Å²) in [5, 5.41) is 0. The second-order valence-electron chi connectivity index (χ2n) is 4.15. The molecule has 0 N–H and O–H groups in total. The van der Waals surface area contributed by atoms with Gasteiger partial charge >= 0.3 is 0 Å². The van der Waals surface area contributed by atoms with Crippen LogP contribution in [0.2, 0.25) is 0 Å². The van der Waals surface area contributed by atoms with Crippen molar-refractivity contribution in [3.8, 4) is 0 Å². The SMILES string of the molecule is Cc1cc(C(=O)C(C)(C)C)sc1Br. The van der Waals surface area contributed by atoms with Crippen LogP contribution in [0.3, 0.4) is 0 Å². The summed E-state index contributed by atoms with van der Waals surface area (Å²) in [7, 11) is 0. The van der Waals surface area contributed by atoms with Gasteiger partial charge in [0.15, 0.2) is 5.78 Å². The van der Waals surface area contributed by atoms with Gasteiger partial charge in [-0.05, 0) is 34.5 Å². The third-order valence-corrected chi connectivity index (χ3v) is 3.90. The van der Waals surface area contributed by atoms with E-state index in [0.717, 1.165) is 14.2 Å². The fraction of sp³-hybridized carbons (Fsp3) is 0.500. The van der Waals surface area contributed by atoms with Gasteiger partial charge in [0.2, 0.25) is 0 Å². The summed E-state index contributed by atoms with van der Waals surface area (Å²) in [4.78, 5) is 12.7. The van der Waals surface area contributed by atoms with Crippen LogP contribution in [-0.2, 0) is 0 Å². The standard InChI is InChI=1S/C10H13BrOS/c1-6-5-7(13-9(6)11)8(12)10(2,3)4/h5H,1-4H3. The molecule has 72 valence electrons. The van der Waals surface area contributed by atoms with E-state index in [0.29, 0.717) is 0 Å². The Morgan fingerprint density at radius 1 is 1.46 bits per heavy atom. The number of Topliss-reactive ketones (excluding diaryl/α,β-unsaturated/α-hetero) is 1. The molecule has 0 fully saturated rings. The number of ketones is 1. The second-order valence-corrected chi connectivity index (χ2v) is 6.52. The Hall–Kier alpha value is -0.150. The number of carbonyl (C=O) groups excluding carboxylic acids is 1. The van der Waals surface area contributed by atoms with E-state index in [2.05, 4.69) is 15.9 Å². The van der Waals surface area contributed by atoms with Crippen molar-refractivity contribution in [1.29, 1.82) is 0 Å². The first-order chi connectivity index (χ1) is 5.82. The lowest BCUT2D eigenvalue weighted by Gasteiger charge is -2.14. The van der Waals surface area contributed by atoms with Crippen molar-refractivity contribution in [2.45, 2.75) is 27.7 Å². The molecule has 0 spiro atoms. The number of halogens is 1. The molecule has 0 atom stereocenters. The summed E-state index contributed by atoms with van der Waals surface area (Å²) in [5.41, 5.74) is 0.856. The van der Waals surface area contributed by atoms with Gasteiger partial charge in [0.05, 0.1) is 8.66 Å². The molecule has 1 nitrogen and oxygen atoms in total. The van der Waals surface area contributed by atoms with Gasteiger partial charge in [0.25, 0.3) is 0 Å². The Labute approximate surface area is 91.3 Å². The van der Waals surface area contributed by atoms with Crippen LogP contribution in [0.25, 0.3) is 0 Å². The molecule has 0 saturated heterocycles. The van der Waals surface area contributed by atoms with Crippen molar-refractivity contribution in [3.63, 3.8) is 0 Å². The number of hydrogen-bond donors (Lipinski definition) is 0. The largest absolute Gasteiger partial charge is 0.293 e. The molecule has 1 heterocycles. The zero-order valence-corrected chi connectivity index (χ0v) is 10.7. The van der Waals surface area contributed by atoms with Crippen molar-refractivity contribution in [2.24, 2.45) is 5.41 Å². The summed E-state index contributed by atoms with van der Waals surface area (Å²) in [6.45, 7) is 7.83. The number of thiophene rings is 1. The van der Waals surface area contributed by atoms with Crippen LogP contribution in [0.15, 0.2) is 9.85 Å². The van der Waals surface area contributed by atoms with Crippen LogP contribution >= 0.6 is 27.3 Å². The van der Waals surface area contributed by atoms with Gasteiger partial charge in [-0.25, -0.2) is 0 Å². The summed E-state index contributed by atoms with van der Waals surface area (Å²) in [5.74, 6) is 0.214. The molecule has 0 amide bonds. The highest BCUT2D eigenvalue weighted by atomic mass is 79.9. The van der Waals surface area contributed by atoms with Gasteiger partial charge < -0.3 is 0 Å². The zero-order valence-electron chi connectivity index (χ0n) is 8.27. The summed E-state index contributed by atoms with van der Waals surface area (Å²) in [6, 6.07) is 1.95. The Bertz CT molecular complexity index is 314. The molecular weight excluding hydrogens is 248 g/mol. The van der Waals surface area contributed by atoms with Crippen LogP contribution < -0.4 is 0 Å². The quantitative estimate of drug-likeness (QED) is 0.697. The number of hydrogen-bond acceptors (Lipinski definition) is 2. The van der Waals surface area contributed by atoms with E-state index < -0.39 is 0 Å². The van der Waals surface area contributed by atoms with Gasteiger partial charge in [-0.15, -0.1) is 11.3 Å². The first kappa shape index (κ1) is 10.9. The average molecular weight is 261 g/mol. The van der Waals surface area contributed by atoms with Gasteiger partial charge in [0, 0.05) is 5.41 Å². The molecule has 3 heteroatoms. The third kappa shape index (κ3) is 2.41. The lowest BCUT2D eigenvalue weighted by molar-refractivity contribution is 0.0863. The molecule has 13 heavy (non-hydrogen) atoms. The molecule has 1 aromatic heterocycles. The summed E-state index contributed by atoms with van der Waals surface area (Å²) >= 11 is 4.93. The van der Waals surface area contributed by atoms with Gasteiger partial charge in [0.1, 0.15) is 0 Å². The van der Waals surface area contributed by atoms with Crippen LogP contribution in [0, 0.1) is 12.3 Å². The predicted molar refractivity (Wildman–Crippen MR) is 60.5 cm³/mol. The maximum atomic E-state index is 11.8. The van der Waals surface area contributed by atoms with Gasteiger partial charge in [-0.2, -0.15) is 0 Å². The average Bonchev–Trinajstić information content (AvgIpc) is 2.29. The third-order valence-electron chi connectivity index (χ3n) is 1.76. The molecular formula is C10H13BrOS. The van der Waals surface area contributed by atoms with Crippen LogP contribution in [0.5, 0.6) is 0 Å². The maximum Gasteiger partial charge on any atom is 0.178 e. The molecule has 1 aromatic rings. The van der Waals surface area contributed by atoms with Crippen molar-refractivity contribution in [3.05, 3.63) is 20.3 Å². The van der Waals surface area contributed by atoms with Crippen molar-refractivity contribution in [2.75, 3.05) is 0 Å². The first-order valence-electron chi connectivity index (χ1n) is 4.13. The highest BCUT2D eigenvalue weighted by Crippen LogP contribution is 2.31. The fourth-order valence-corrected chi connectivity index (χ4v) is 2.63. The molecule has 1 rings (SSSR count). The van der Waals surface area contributed by atoms with Gasteiger partial charge in [-0.1, -0.05) is 20.8 Å². The Morgan fingerprint density at radius 3 is 2.31 bits per heavy atom. The smallest absolute Gasteiger partial charge is 0.178 e. The first-order valence-corrected chi connectivity index (χ1v) is 5.74. The predicted octanol–water partition coefficient (Wildman–Crippen LogP) is 4.05. The maximum absolute atomic E-state index is 11.8. The van der Waals surface area contributed by atoms with Crippen LogP contribution in [0.1, 0.15) is 36.0 Å². The topological polar surface area (TPSA) is 17.1 Å². The number of rotatable bonds is 1. The van der Waals surface area contributed by atoms with Crippen molar-refractivity contribution < 1.29 is 4.79 Å². The Kier molecular flexibility index (Phi) is 2.98. The van der Waals surface area contributed by atoms with Crippen molar-refractivity contribution >= 4 is 33.0 Å². The number of carbonyl (C=O) groups is 1. The van der Waals surface area contributed by atoms with Gasteiger partial charge in [-0.3, -0.25) is 4.79 Å². The van der Waals surface area contributed by atoms with E-state index in [9.17, 15) is 4.79 Å². The van der Waals surface area contributed by atoms with Crippen LogP contribution in [0.4, 0.5) is 0 Å². The van der Waals surface area contributed by atoms with E-state index in [1.807, 2.05) is 33.8 Å². The highest BCUT2D eigenvalue weighted by Gasteiger charge is 2.24. The lowest BCUT2D eigenvalue weighted by Crippen LogP contribution is -2.18. The molecule has 0 aliphatic carbocycles. The molecule has 0 radical (unpaired) electrons. The molecule has 0 saturated carbocycles. The van der Waals surface area contributed by atoms with Crippen LogP contribution in [-0.4, -0.2) is 5.78 Å². The molecule has 0 aliphatic rings. The summed E-state index contributed by atoms with van der Waals surface area (Å²) in [6.07, 6.45) is 0. The van der Waals surface area contributed by atoms with E-state index in [4.69, 9.17) is 0 Å². The van der Waals surface area contributed by atoms with E-state index in [1.54, 1.807) is 0 Å². The minimum atomic E-state index is -0.281. The second kappa shape index (κ2) is 3.54.